The lowest BCUT2D eigenvalue weighted by Gasteiger charge is -2.24. The lowest BCUT2D eigenvalue weighted by Crippen LogP contribution is -3.00. The molecule has 4 aromatic carbocycles. The lowest BCUT2D eigenvalue weighted by molar-refractivity contribution is -0.401. The van der Waals surface area contributed by atoms with Crippen LogP contribution < -0.4 is 17.3 Å². The van der Waals surface area contributed by atoms with Gasteiger partial charge in [0, 0.05) is 41.6 Å². The molecule has 0 saturated carbocycles. The molecular weight excluding hydrogens is 484 g/mol. The fourth-order valence-corrected chi connectivity index (χ4v) is 6.74. The van der Waals surface area contributed by atoms with E-state index in [1.54, 1.807) is 0 Å². The normalized spacial score (nSPS) is 18.7. The van der Waals surface area contributed by atoms with E-state index in [9.17, 15) is 0 Å². The zero-order valence-corrected chi connectivity index (χ0v) is 23.8. The summed E-state index contributed by atoms with van der Waals surface area (Å²) in [7, 11) is 4.37. The molecule has 0 aliphatic carbocycles. The van der Waals surface area contributed by atoms with Crippen LogP contribution in [0.2, 0.25) is 0 Å². The Balaban J connectivity index is 0.00000294. The maximum Gasteiger partial charge on any atom is 0.210 e. The molecule has 0 N–H and O–H groups in total. The first-order valence-corrected chi connectivity index (χ1v) is 13.2. The van der Waals surface area contributed by atoms with Crippen molar-refractivity contribution in [1.82, 2.24) is 0 Å². The molecule has 0 spiro atoms. The number of hydrogen-bond donors (Lipinski definition) is 0. The average Bonchev–Trinajstić information content (AvgIpc) is 3.21. The number of benzene rings is 4. The number of allylic oxidation sites excluding steroid dienone is 6. The molecule has 0 bridgehead atoms. The van der Waals surface area contributed by atoms with Crippen molar-refractivity contribution >= 4 is 38.6 Å². The Morgan fingerprint density at radius 1 is 0.684 bits per heavy atom. The van der Waals surface area contributed by atoms with Crippen LogP contribution in [0.1, 0.15) is 38.8 Å². The van der Waals surface area contributed by atoms with Gasteiger partial charge >= 0.3 is 0 Å². The van der Waals surface area contributed by atoms with Gasteiger partial charge in [-0.1, -0.05) is 86.7 Å². The minimum absolute atomic E-state index is 0. The number of likely N-dealkylation sites (N-methyl/N-ethyl adjacent to an activating group) is 1. The lowest BCUT2D eigenvalue weighted by atomic mass is 9.79. The van der Waals surface area contributed by atoms with Gasteiger partial charge in [-0.05, 0) is 59.2 Å². The Morgan fingerprint density at radius 3 is 1.97 bits per heavy atom. The first-order valence-electron chi connectivity index (χ1n) is 13.2. The fraction of sp³-hybridized carbons (Fsp3) is 0.229. The van der Waals surface area contributed by atoms with Gasteiger partial charge in [0.15, 0.2) is 5.71 Å². The highest BCUT2D eigenvalue weighted by Crippen LogP contribution is 2.50. The summed E-state index contributed by atoms with van der Waals surface area (Å²) in [4.78, 5) is 2.35. The van der Waals surface area contributed by atoms with E-state index in [4.69, 9.17) is 0 Å². The van der Waals surface area contributed by atoms with Crippen molar-refractivity contribution in [3.8, 4) is 0 Å². The van der Waals surface area contributed by atoms with Crippen LogP contribution in [0.25, 0.3) is 21.5 Å². The van der Waals surface area contributed by atoms with E-state index in [0.717, 1.165) is 0 Å². The average molecular weight is 519 g/mol. The molecule has 2 nitrogen and oxygen atoms in total. The Labute approximate surface area is 232 Å². The van der Waals surface area contributed by atoms with Crippen LogP contribution in [0.15, 0.2) is 109 Å². The zero-order chi connectivity index (χ0) is 25.9. The van der Waals surface area contributed by atoms with Gasteiger partial charge < -0.3 is 17.3 Å². The van der Waals surface area contributed by atoms with Crippen LogP contribution in [-0.2, 0) is 10.8 Å². The summed E-state index contributed by atoms with van der Waals surface area (Å²) in [6.45, 7) is 9.35. The summed E-state index contributed by atoms with van der Waals surface area (Å²) >= 11 is 0. The van der Waals surface area contributed by atoms with Gasteiger partial charge in [-0.15, -0.1) is 0 Å². The summed E-state index contributed by atoms with van der Waals surface area (Å²) in [6.07, 6.45) is 11.1. The quantitative estimate of drug-likeness (QED) is 0.259. The van der Waals surface area contributed by atoms with E-state index in [-0.39, 0.29) is 23.2 Å². The Morgan fingerprint density at radius 2 is 1.29 bits per heavy atom. The second-order valence-corrected chi connectivity index (χ2v) is 11.4. The molecule has 2 aliphatic rings. The third kappa shape index (κ3) is 3.74. The van der Waals surface area contributed by atoms with Crippen molar-refractivity contribution in [3.05, 3.63) is 120 Å². The summed E-state index contributed by atoms with van der Waals surface area (Å²) in [6, 6.07) is 26.4. The third-order valence-electron chi connectivity index (χ3n) is 8.52. The molecular formula is C35H35ClN2. The van der Waals surface area contributed by atoms with Crippen molar-refractivity contribution in [2.24, 2.45) is 0 Å². The van der Waals surface area contributed by atoms with Crippen LogP contribution in [0.4, 0.5) is 11.4 Å². The highest BCUT2D eigenvalue weighted by Gasteiger charge is 2.44. The largest absolute Gasteiger partial charge is 1.00 e. The maximum absolute atomic E-state index is 2.35. The van der Waals surface area contributed by atoms with E-state index in [1.807, 2.05) is 0 Å². The molecule has 4 aromatic rings. The molecule has 0 atom stereocenters. The van der Waals surface area contributed by atoms with E-state index in [0.29, 0.717) is 0 Å². The van der Waals surface area contributed by atoms with E-state index in [2.05, 4.69) is 154 Å². The number of anilines is 1. The second kappa shape index (κ2) is 9.29. The van der Waals surface area contributed by atoms with E-state index in [1.165, 1.54) is 55.5 Å². The molecule has 0 radical (unpaired) electrons. The van der Waals surface area contributed by atoms with Gasteiger partial charge in [-0.3, -0.25) is 0 Å². The fourth-order valence-electron chi connectivity index (χ4n) is 6.74. The van der Waals surface area contributed by atoms with Gasteiger partial charge in [0.25, 0.3) is 0 Å². The smallest absolute Gasteiger partial charge is 0.210 e. The third-order valence-corrected chi connectivity index (χ3v) is 8.52. The van der Waals surface area contributed by atoms with Crippen molar-refractivity contribution < 1.29 is 17.0 Å². The van der Waals surface area contributed by atoms with Gasteiger partial charge in [0.2, 0.25) is 5.69 Å². The predicted octanol–water partition coefficient (Wildman–Crippen LogP) is 5.43. The monoisotopic (exact) mass is 518 g/mol. The molecule has 0 amide bonds. The van der Waals surface area contributed by atoms with Crippen LogP contribution in [-0.4, -0.2) is 24.4 Å². The van der Waals surface area contributed by atoms with Gasteiger partial charge in [0.1, 0.15) is 7.05 Å². The Kier molecular flexibility index (Phi) is 6.36. The molecule has 0 fully saturated rings. The summed E-state index contributed by atoms with van der Waals surface area (Å²) < 4.78 is 2.35. The summed E-state index contributed by atoms with van der Waals surface area (Å²) in [5.41, 5.74) is 7.93. The molecule has 2 heterocycles. The van der Waals surface area contributed by atoms with Gasteiger partial charge in [-0.25, -0.2) is 0 Å². The number of hydrogen-bond acceptors (Lipinski definition) is 1. The predicted molar refractivity (Wildman–Crippen MR) is 160 cm³/mol. The van der Waals surface area contributed by atoms with Gasteiger partial charge in [0.05, 0.1) is 5.41 Å². The molecule has 2 aliphatic heterocycles. The molecule has 38 heavy (non-hydrogen) atoms. The topological polar surface area (TPSA) is 6.25 Å². The molecule has 0 unspecified atom stereocenters. The minimum Gasteiger partial charge on any atom is -1.00 e. The molecule has 192 valence electrons. The van der Waals surface area contributed by atoms with Crippen molar-refractivity contribution in [3.63, 3.8) is 0 Å². The number of rotatable bonds is 3. The number of fused-ring (bicyclic) bond motifs is 6. The summed E-state index contributed by atoms with van der Waals surface area (Å²) in [5, 5.41) is 5.30. The van der Waals surface area contributed by atoms with Crippen LogP contribution in [0.3, 0.4) is 0 Å². The number of nitrogens with zero attached hydrogens (tertiary/aromatic N) is 2. The Hall–Kier alpha value is -3.62. The van der Waals surface area contributed by atoms with Crippen molar-refractivity contribution in [2.75, 3.05) is 19.0 Å². The molecule has 0 aromatic heterocycles. The standard InChI is InChI=1S/C35H35N2.ClH/c1-34(2)30(36(5)28-22-20-24-14-10-12-16-26(24)32(28)34)18-8-7-9-19-31-35(3,4)33-27-17-13-11-15-25(27)21-23-29(33)37(31)6;/h7-23H,1-6H3;1H/q+1;/p-1. The van der Waals surface area contributed by atoms with Crippen LogP contribution >= 0.6 is 0 Å². The van der Waals surface area contributed by atoms with E-state index >= 15 is 0 Å². The van der Waals surface area contributed by atoms with Crippen LogP contribution in [0.5, 0.6) is 0 Å². The van der Waals surface area contributed by atoms with Crippen LogP contribution in [0, 0.1) is 0 Å². The Bertz CT molecular complexity index is 1700. The van der Waals surface area contributed by atoms with Crippen molar-refractivity contribution in [1.29, 1.82) is 0 Å². The van der Waals surface area contributed by atoms with Gasteiger partial charge in [-0.2, -0.15) is 4.58 Å². The zero-order valence-electron chi connectivity index (χ0n) is 23.1. The maximum atomic E-state index is 2.35. The number of halogens is 1. The first kappa shape index (κ1) is 26.0. The highest BCUT2D eigenvalue weighted by molar-refractivity contribution is 6.07. The second-order valence-electron chi connectivity index (χ2n) is 11.4. The minimum atomic E-state index is -0.0654. The molecule has 6 rings (SSSR count). The van der Waals surface area contributed by atoms with E-state index < -0.39 is 0 Å². The highest BCUT2D eigenvalue weighted by atomic mass is 35.5. The molecule has 0 saturated heterocycles. The SMILES string of the molecule is CN1C(=CC=CC=CC2=[N+](C)c3ccc4ccccc4c3C2(C)C)C(C)(C)c2c1ccc1ccccc21.[Cl-]. The van der Waals surface area contributed by atoms with Crippen molar-refractivity contribution in [2.45, 2.75) is 38.5 Å². The molecule has 3 heteroatoms. The first-order chi connectivity index (χ1) is 17.7. The summed E-state index contributed by atoms with van der Waals surface area (Å²) in [5.74, 6) is 0.